The van der Waals surface area contributed by atoms with Gasteiger partial charge < -0.3 is 5.73 Å². The second kappa shape index (κ2) is 7.00. The SMILES string of the molecule is CCc1nnc(Sc2ncccc2Br)c(C(=N)N)c1CC. The lowest BCUT2D eigenvalue weighted by atomic mass is 10.0. The Balaban J connectivity index is 2.54. The predicted molar refractivity (Wildman–Crippen MR) is 87.9 cm³/mol. The van der Waals surface area contributed by atoms with Crippen LogP contribution >= 0.6 is 27.7 Å². The lowest BCUT2D eigenvalue weighted by molar-refractivity contribution is 0.818. The zero-order valence-corrected chi connectivity index (χ0v) is 14.3. The van der Waals surface area contributed by atoms with Gasteiger partial charge in [-0.15, -0.1) is 5.10 Å². The first-order valence-corrected chi connectivity index (χ1v) is 8.20. The van der Waals surface area contributed by atoms with E-state index in [4.69, 9.17) is 11.1 Å². The Bertz CT molecular complexity index is 674. The maximum atomic E-state index is 7.88. The maximum absolute atomic E-state index is 7.88. The van der Waals surface area contributed by atoms with Gasteiger partial charge in [0, 0.05) is 6.20 Å². The molecule has 0 spiro atoms. The molecule has 2 rings (SSSR count). The van der Waals surface area contributed by atoms with Crippen LogP contribution in [0.4, 0.5) is 0 Å². The molecular weight excluding hydrogens is 350 g/mol. The Morgan fingerprint density at radius 1 is 1.29 bits per heavy atom. The minimum absolute atomic E-state index is 0.0194. The molecule has 0 amide bonds. The van der Waals surface area contributed by atoms with Crippen LogP contribution in [0, 0.1) is 5.41 Å². The van der Waals surface area contributed by atoms with Crippen LogP contribution < -0.4 is 5.73 Å². The number of amidine groups is 1. The molecule has 0 bridgehead atoms. The number of aryl methyl sites for hydroxylation is 1. The highest BCUT2D eigenvalue weighted by Gasteiger charge is 2.18. The van der Waals surface area contributed by atoms with Crippen molar-refractivity contribution in [3.8, 4) is 0 Å². The van der Waals surface area contributed by atoms with Crippen molar-refractivity contribution >= 4 is 33.5 Å². The highest BCUT2D eigenvalue weighted by atomic mass is 79.9. The third-order valence-corrected chi connectivity index (χ3v) is 4.90. The number of nitrogens with two attached hydrogens (primary N) is 1. The van der Waals surface area contributed by atoms with Crippen molar-refractivity contribution in [3.05, 3.63) is 39.6 Å². The van der Waals surface area contributed by atoms with Crippen molar-refractivity contribution in [1.82, 2.24) is 15.2 Å². The average Bonchev–Trinajstić information content (AvgIpc) is 2.48. The van der Waals surface area contributed by atoms with Gasteiger partial charge in [-0.2, -0.15) is 5.10 Å². The molecule has 2 aromatic rings. The second-order valence-corrected chi connectivity index (χ2v) is 6.15. The summed E-state index contributed by atoms with van der Waals surface area (Å²) in [5.41, 5.74) is 8.34. The molecule has 2 heterocycles. The quantitative estimate of drug-likeness (QED) is 0.627. The Morgan fingerprint density at radius 2 is 2.05 bits per heavy atom. The molecule has 7 heteroatoms. The fourth-order valence-corrected chi connectivity index (χ4v) is 3.42. The highest BCUT2D eigenvalue weighted by molar-refractivity contribution is 9.10. The number of rotatable bonds is 5. The Hall–Kier alpha value is -1.47. The first-order chi connectivity index (χ1) is 10.1. The normalized spacial score (nSPS) is 10.6. The van der Waals surface area contributed by atoms with Gasteiger partial charge in [0.15, 0.2) is 0 Å². The summed E-state index contributed by atoms with van der Waals surface area (Å²) >= 11 is 4.83. The fraction of sp³-hybridized carbons (Fsp3) is 0.286. The molecule has 0 fully saturated rings. The fourth-order valence-electron chi connectivity index (χ4n) is 2.04. The molecule has 110 valence electrons. The maximum Gasteiger partial charge on any atom is 0.136 e. The van der Waals surface area contributed by atoms with Gasteiger partial charge in [-0.1, -0.05) is 13.8 Å². The summed E-state index contributed by atoms with van der Waals surface area (Å²) in [6.45, 7) is 4.06. The van der Waals surface area contributed by atoms with Crippen LogP contribution in [0.1, 0.15) is 30.7 Å². The molecule has 0 radical (unpaired) electrons. The van der Waals surface area contributed by atoms with Crippen molar-refractivity contribution in [2.75, 3.05) is 0 Å². The van der Waals surface area contributed by atoms with Crippen LogP contribution in [-0.4, -0.2) is 21.0 Å². The molecule has 2 aromatic heterocycles. The van der Waals surface area contributed by atoms with E-state index in [1.807, 2.05) is 26.0 Å². The number of halogens is 1. The Kier molecular flexibility index (Phi) is 5.30. The van der Waals surface area contributed by atoms with Crippen LogP contribution in [0.15, 0.2) is 32.9 Å². The first-order valence-electron chi connectivity index (χ1n) is 6.59. The van der Waals surface area contributed by atoms with Crippen LogP contribution in [0.3, 0.4) is 0 Å². The second-order valence-electron chi connectivity index (χ2n) is 4.32. The molecule has 0 aliphatic heterocycles. The topological polar surface area (TPSA) is 88.5 Å². The van der Waals surface area contributed by atoms with Crippen LogP contribution in [0.5, 0.6) is 0 Å². The summed E-state index contributed by atoms with van der Waals surface area (Å²) in [6, 6.07) is 3.76. The summed E-state index contributed by atoms with van der Waals surface area (Å²) in [6.07, 6.45) is 3.26. The molecule has 5 nitrogen and oxygen atoms in total. The van der Waals surface area contributed by atoms with E-state index in [0.717, 1.165) is 33.6 Å². The van der Waals surface area contributed by atoms with Crippen molar-refractivity contribution < 1.29 is 0 Å². The zero-order chi connectivity index (χ0) is 15.4. The summed E-state index contributed by atoms with van der Waals surface area (Å²) in [7, 11) is 0. The number of pyridine rings is 1. The van der Waals surface area contributed by atoms with Crippen molar-refractivity contribution in [1.29, 1.82) is 5.41 Å². The van der Waals surface area contributed by atoms with E-state index >= 15 is 0 Å². The molecule has 0 aliphatic carbocycles. The lowest BCUT2D eigenvalue weighted by Crippen LogP contribution is -2.18. The van der Waals surface area contributed by atoms with E-state index in [9.17, 15) is 0 Å². The molecule has 0 aromatic carbocycles. The number of hydrogen-bond acceptors (Lipinski definition) is 5. The molecule has 0 saturated carbocycles. The number of nitrogen functional groups attached to an aromatic ring is 1. The summed E-state index contributed by atoms with van der Waals surface area (Å²) in [5.74, 6) is 0.0194. The number of aromatic nitrogens is 3. The minimum Gasteiger partial charge on any atom is -0.384 e. The minimum atomic E-state index is 0.0194. The van der Waals surface area contributed by atoms with E-state index in [2.05, 4.69) is 31.1 Å². The van der Waals surface area contributed by atoms with Crippen molar-refractivity contribution in [2.45, 2.75) is 36.7 Å². The van der Waals surface area contributed by atoms with Gasteiger partial charge in [0.2, 0.25) is 0 Å². The molecule has 0 saturated heterocycles. The van der Waals surface area contributed by atoms with Gasteiger partial charge >= 0.3 is 0 Å². The van der Waals surface area contributed by atoms with Gasteiger partial charge in [0.05, 0.1) is 15.7 Å². The Morgan fingerprint density at radius 3 is 2.62 bits per heavy atom. The molecule has 21 heavy (non-hydrogen) atoms. The van der Waals surface area contributed by atoms with E-state index in [-0.39, 0.29) is 5.84 Å². The average molecular weight is 366 g/mol. The van der Waals surface area contributed by atoms with Crippen LogP contribution in [0.2, 0.25) is 0 Å². The third-order valence-electron chi connectivity index (χ3n) is 3.00. The van der Waals surface area contributed by atoms with E-state index in [1.165, 1.54) is 11.8 Å². The first kappa shape index (κ1) is 15.9. The summed E-state index contributed by atoms with van der Waals surface area (Å²) in [5, 5.41) is 17.8. The van der Waals surface area contributed by atoms with Crippen LogP contribution in [0.25, 0.3) is 0 Å². The number of hydrogen-bond donors (Lipinski definition) is 2. The monoisotopic (exact) mass is 365 g/mol. The van der Waals surface area contributed by atoms with Gasteiger partial charge in [-0.3, -0.25) is 5.41 Å². The molecular formula is C14H16BrN5S. The van der Waals surface area contributed by atoms with Gasteiger partial charge in [0.1, 0.15) is 15.9 Å². The van der Waals surface area contributed by atoms with E-state index in [0.29, 0.717) is 10.6 Å². The van der Waals surface area contributed by atoms with Crippen molar-refractivity contribution in [2.24, 2.45) is 5.73 Å². The molecule has 0 unspecified atom stereocenters. The largest absolute Gasteiger partial charge is 0.384 e. The van der Waals surface area contributed by atoms with E-state index in [1.54, 1.807) is 6.20 Å². The Labute approximate surface area is 136 Å². The number of nitrogens with one attached hydrogen (secondary N) is 1. The third kappa shape index (κ3) is 3.41. The predicted octanol–water partition coefficient (Wildman–Crippen LogP) is 3.19. The zero-order valence-electron chi connectivity index (χ0n) is 11.9. The smallest absolute Gasteiger partial charge is 0.136 e. The van der Waals surface area contributed by atoms with E-state index < -0.39 is 0 Å². The lowest BCUT2D eigenvalue weighted by Gasteiger charge is -2.13. The summed E-state index contributed by atoms with van der Waals surface area (Å²) in [4.78, 5) is 4.31. The number of nitrogens with zero attached hydrogens (tertiary/aromatic N) is 3. The highest BCUT2D eigenvalue weighted by Crippen LogP contribution is 2.33. The van der Waals surface area contributed by atoms with Crippen LogP contribution in [-0.2, 0) is 12.8 Å². The van der Waals surface area contributed by atoms with Crippen molar-refractivity contribution in [3.63, 3.8) is 0 Å². The molecule has 3 N–H and O–H groups in total. The summed E-state index contributed by atoms with van der Waals surface area (Å²) < 4.78 is 0.879. The molecule has 0 atom stereocenters. The standard InChI is InChI=1S/C14H16BrN5S/c1-3-8-10(4-2)19-20-14(11(8)12(16)17)21-13-9(15)6-5-7-18-13/h5-7H,3-4H2,1-2H3,(H3,16,17). The van der Waals surface area contributed by atoms with Gasteiger partial charge in [-0.25, -0.2) is 4.98 Å². The van der Waals surface area contributed by atoms with Gasteiger partial charge in [0.25, 0.3) is 0 Å². The molecule has 0 aliphatic rings. The van der Waals surface area contributed by atoms with Gasteiger partial charge in [-0.05, 0) is 58.2 Å².